The first-order valence-electron chi connectivity index (χ1n) is 8.76. The fourth-order valence-corrected chi connectivity index (χ4v) is 2.32. The molecule has 0 unspecified atom stereocenters. The molecule has 0 saturated heterocycles. The SMILES string of the molecule is CCCCOC(=O)c1cccc(NC(=O)COc2cc(C)ccc2C)c1. The fraction of sp³-hybridized carbons (Fsp3) is 0.333. The first-order valence-corrected chi connectivity index (χ1v) is 8.76. The third kappa shape index (κ3) is 5.92. The van der Waals surface area contributed by atoms with E-state index < -0.39 is 0 Å². The highest BCUT2D eigenvalue weighted by Gasteiger charge is 2.10. The van der Waals surface area contributed by atoms with Gasteiger partial charge in [-0.05, 0) is 55.7 Å². The van der Waals surface area contributed by atoms with Gasteiger partial charge in [0.2, 0.25) is 0 Å². The number of carbonyl (C=O) groups is 2. The number of hydrogen-bond donors (Lipinski definition) is 1. The zero-order valence-electron chi connectivity index (χ0n) is 15.5. The maximum atomic E-state index is 12.1. The minimum Gasteiger partial charge on any atom is -0.483 e. The fourth-order valence-electron chi connectivity index (χ4n) is 2.32. The number of ether oxygens (including phenoxy) is 2. The molecule has 0 heterocycles. The van der Waals surface area contributed by atoms with E-state index in [1.807, 2.05) is 39.0 Å². The molecule has 0 bridgehead atoms. The highest BCUT2D eigenvalue weighted by molar-refractivity contribution is 5.95. The van der Waals surface area contributed by atoms with Gasteiger partial charge in [-0.3, -0.25) is 4.79 Å². The first kappa shape index (κ1) is 19.5. The van der Waals surface area contributed by atoms with E-state index in [-0.39, 0.29) is 18.5 Å². The molecule has 2 rings (SSSR count). The average Bonchev–Trinajstić information content (AvgIpc) is 2.63. The molecule has 26 heavy (non-hydrogen) atoms. The van der Waals surface area contributed by atoms with Crippen LogP contribution in [0.15, 0.2) is 42.5 Å². The van der Waals surface area contributed by atoms with Gasteiger partial charge in [-0.2, -0.15) is 0 Å². The first-order chi connectivity index (χ1) is 12.5. The molecule has 5 nitrogen and oxygen atoms in total. The Labute approximate surface area is 154 Å². The van der Waals surface area contributed by atoms with Crippen LogP contribution in [0, 0.1) is 13.8 Å². The van der Waals surface area contributed by atoms with E-state index in [9.17, 15) is 9.59 Å². The van der Waals surface area contributed by atoms with Crippen molar-refractivity contribution in [1.29, 1.82) is 0 Å². The normalized spacial score (nSPS) is 10.3. The van der Waals surface area contributed by atoms with Gasteiger partial charge >= 0.3 is 5.97 Å². The predicted octanol–water partition coefficient (Wildman–Crippen LogP) is 4.28. The number of nitrogens with one attached hydrogen (secondary N) is 1. The molecule has 0 radical (unpaired) electrons. The van der Waals surface area contributed by atoms with Crippen LogP contribution in [0.1, 0.15) is 41.3 Å². The van der Waals surface area contributed by atoms with Gasteiger partial charge in [0, 0.05) is 5.69 Å². The van der Waals surface area contributed by atoms with Crippen molar-refractivity contribution in [1.82, 2.24) is 0 Å². The third-order valence-electron chi connectivity index (χ3n) is 3.82. The molecule has 2 aromatic rings. The van der Waals surface area contributed by atoms with Crippen LogP contribution in [0.25, 0.3) is 0 Å². The molecule has 1 amide bonds. The number of aryl methyl sites for hydroxylation is 2. The molecule has 0 spiro atoms. The van der Waals surface area contributed by atoms with Crippen molar-refractivity contribution >= 4 is 17.6 Å². The van der Waals surface area contributed by atoms with Crippen molar-refractivity contribution in [2.24, 2.45) is 0 Å². The van der Waals surface area contributed by atoms with Crippen LogP contribution in [0.2, 0.25) is 0 Å². The molecule has 5 heteroatoms. The molecule has 0 aliphatic rings. The lowest BCUT2D eigenvalue weighted by molar-refractivity contribution is -0.118. The molecule has 0 fully saturated rings. The maximum absolute atomic E-state index is 12.1. The van der Waals surface area contributed by atoms with Crippen LogP contribution in [0.4, 0.5) is 5.69 Å². The van der Waals surface area contributed by atoms with Crippen LogP contribution < -0.4 is 10.1 Å². The number of benzene rings is 2. The van der Waals surface area contributed by atoms with Crippen molar-refractivity contribution in [3.05, 3.63) is 59.2 Å². The van der Waals surface area contributed by atoms with Crippen LogP contribution in [-0.2, 0) is 9.53 Å². The van der Waals surface area contributed by atoms with Gasteiger partial charge in [-0.15, -0.1) is 0 Å². The van der Waals surface area contributed by atoms with Crippen LogP contribution in [0.3, 0.4) is 0 Å². The Bertz CT molecular complexity index is 770. The van der Waals surface area contributed by atoms with Gasteiger partial charge in [0.25, 0.3) is 5.91 Å². The van der Waals surface area contributed by atoms with Gasteiger partial charge in [0.15, 0.2) is 6.61 Å². The van der Waals surface area contributed by atoms with Gasteiger partial charge in [0.1, 0.15) is 5.75 Å². The maximum Gasteiger partial charge on any atom is 0.338 e. The lowest BCUT2D eigenvalue weighted by Gasteiger charge is -2.11. The van der Waals surface area contributed by atoms with Crippen LogP contribution in [-0.4, -0.2) is 25.1 Å². The minimum atomic E-state index is -0.388. The smallest absolute Gasteiger partial charge is 0.338 e. The van der Waals surface area contributed by atoms with E-state index in [2.05, 4.69) is 5.32 Å². The topological polar surface area (TPSA) is 64.6 Å². The second kappa shape index (κ2) is 9.61. The summed E-state index contributed by atoms with van der Waals surface area (Å²) < 4.78 is 10.8. The molecule has 0 aliphatic heterocycles. The van der Waals surface area contributed by atoms with E-state index in [1.165, 1.54) is 0 Å². The molecule has 0 aliphatic carbocycles. The van der Waals surface area contributed by atoms with Crippen LogP contribution >= 0.6 is 0 Å². The number of hydrogen-bond acceptors (Lipinski definition) is 4. The molecule has 2 aromatic carbocycles. The van der Waals surface area contributed by atoms with Crippen molar-refractivity contribution in [2.75, 3.05) is 18.5 Å². The highest BCUT2D eigenvalue weighted by Crippen LogP contribution is 2.19. The Morgan fingerprint density at radius 3 is 2.65 bits per heavy atom. The number of esters is 1. The molecule has 0 atom stereocenters. The summed E-state index contributed by atoms with van der Waals surface area (Å²) in [4.78, 5) is 24.1. The lowest BCUT2D eigenvalue weighted by atomic mass is 10.1. The third-order valence-corrected chi connectivity index (χ3v) is 3.82. The number of anilines is 1. The molecule has 138 valence electrons. The van der Waals surface area contributed by atoms with Crippen LogP contribution in [0.5, 0.6) is 5.75 Å². The second-order valence-corrected chi connectivity index (χ2v) is 6.18. The number of amides is 1. The van der Waals surface area contributed by atoms with Crippen molar-refractivity contribution in [3.8, 4) is 5.75 Å². The highest BCUT2D eigenvalue weighted by atomic mass is 16.5. The van der Waals surface area contributed by atoms with Crippen molar-refractivity contribution < 1.29 is 19.1 Å². The van der Waals surface area contributed by atoms with E-state index in [0.29, 0.717) is 23.6 Å². The Morgan fingerprint density at radius 2 is 1.88 bits per heavy atom. The Kier molecular flexibility index (Phi) is 7.21. The summed E-state index contributed by atoms with van der Waals surface area (Å²) in [7, 11) is 0. The van der Waals surface area contributed by atoms with E-state index >= 15 is 0 Å². The van der Waals surface area contributed by atoms with Gasteiger partial charge < -0.3 is 14.8 Å². The second-order valence-electron chi connectivity index (χ2n) is 6.18. The zero-order valence-corrected chi connectivity index (χ0v) is 15.5. The number of rotatable bonds is 8. The van der Waals surface area contributed by atoms with Gasteiger partial charge in [-0.25, -0.2) is 4.79 Å². The summed E-state index contributed by atoms with van der Waals surface area (Å²) in [6.07, 6.45) is 1.79. The van der Waals surface area contributed by atoms with E-state index in [1.54, 1.807) is 24.3 Å². The molecular formula is C21H25NO4. The lowest BCUT2D eigenvalue weighted by Crippen LogP contribution is -2.20. The summed E-state index contributed by atoms with van der Waals surface area (Å²) in [5.74, 6) is 0.0111. The summed E-state index contributed by atoms with van der Waals surface area (Å²) >= 11 is 0. The predicted molar refractivity (Wildman–Crippen MR) is 102 cm³/mol. The Morgan fingerprint density at radius 1 is 1.08 bits per heavy atom. The summed E-state index contributed by atoms with van der Waals surface area (Å²) in [5, 5.41) is 2.74. The van der Waals surface area contributed by atoms with Gasteiger partial charge in [0.05, 0.1) is 12.2 Å². The quantitative estimate of drug-likeness (QED) is 0.567. The van der Waals surface area contributed by atoms with Crippen molar-refractivity contribution in [2.45, 2.75) is 33.6 Å². The molecule has 0 saturated carbocycles. The monoisotopic (exact) mass is 355 g/mol. The molecular weight excluding hydrogens is 330 g/mol. The van der Waals surface area contributed by atoms with Gasteiger partial charge in [-0.1, -0.05) is 31.5 Å². The number of unbranched alkanes of at least 4 members (excludes halogenated alkanes) is 1. The van der Waals surface area contributed by atoms with E-state index in [0.717, 1.165) is 24.0 Å². The van der Waals surface area contributed by atoms with E-state index in [4.69, 9.17) is 9.47 Å². The minimum absolute atomic E-state index is 0.102. The molecule has 0 aromatic heterocycles. The summed E-state index contributed by atoms with van der Waals surface area (Å²) in [5.41, 5.74) is 2.99. The summed E-state index contributed by atoms with van der Waals surface area (Å²) in [6.45, 7) is 6.23. The average molecular weight is 355 g/mol. The molecule has 1 N–H and O–H groups in total. The Hall–Kier alpha value is -2.82. The summed E-state index contributed by atoms with van der Waals surface area (Å²) in [6, 6.07) is 12.5. The van der Waals surface area contributed by atoms with Crippen molar-refractivity contribution in [3.63, 3.8) is 0 Å². The zero-order chi connectivity index (χ0) is 18.9. The Balaban J connectivity index is 1.91. The standard InChI is InChI=1S/C21H25NO4/c1-4-5-11-25-21(24)17-7-6-8-18(13-17)22-20(23)14-26-19-12-15(2)9-10-16(19)3/h6-10,12-13H,4-5,11,14H2,1-3H3,(H,22,23). The number of carbonyl (C=O) groups excluding carboxylic acids is 2. The largest absolute Gasteiger partial charge is 0.483 e.